The molecule has 0 fully saturated rings. The van der Waals surface area contributed by atoms with Gasteiger partial charge in [-0.3, -0.25) is 0 Å². The van der Waals surface area contributed by atoms with Gasteiger partial charge in [-0.05, 0) is 55.5 Å². The fraction of sp³-hybridized carbons (Fsp3) is 0.636. The van der Waals surface area contributed by atoms with Crippen LogP contribution in [0.2, 0.25) is 0 Å². The fourth-order valence-electron chi connectivity index (χ4n) is 2.08. The van der Waals surface area contributed by atoms with Gasteiger partial charge in [0.2, 0.25) is 0 Å². The van der Waals surface area contributed by atoms with E-state index in [1.807, 2.05) is 11.3 Å². The largest absolute Gasteiger partial charge is 0.328 e. The molecule has 0 spiro atoms. The van der Waals surface area contributed by atoms with Gasteiger partial charge in [0.05, 0.1) is 0 Å². The topological polar surface area (TPSA) is 26.0 Å². The summed E-state index contributed by atoms with van der Waals surface area (Å²) in [6.45, 7) is 2.09. The van der Waals surface area contributed by atoms with Gasteiger partial charge in [-0.25, -0.2) is 0 Å². The number of fused-ring (bicyclic) bond motifs is 1. The molecule has 0 unspecified atom stereocenters. The van der Waals surface area contributed by atoms with Crippen molar-refractivity contribution in [1.29, 1.82) is 0 Å². The third kappa shape index (κ3) is 1.94. The molecule has 1 nitrogen and oxygen atoms in total. The Morgan fingerprint density at radius 2 is 2.23 bits per heavy atom. The molecule has 1 heterocycles. The van der Waals surface area contributed by atoms with Crippen molar-refractivity contribution in [2.24, 2.45) is 5.73 Å². The van der Waals surface area contributed by atoms with Crippen LogP contribution in [-0.4, -0.2) is 6.04 Å². The molecule has 2 heteroatoms. The second kappa shape index (κ2) is 3.81. The lowest BCUT2D eigenvalue weighted by Gasteiger charge is -2.13. The molecule has 72 valence electrons. The standard InChI is InChI=1S/C11H17NS/c1-8(12)6-9-7-13-11-5-3-2-4-10(9)11/h7-8H,2-6,12H2,1H3/t8-/m1/s1. The lowest BCUT2D eigenvalue weighted by Crippen LogP contribution is -2.18. The van der Waals surface area contributed by atoms with Crippen molar-refractivity contribution in [3.63, 3.8) is 0 Å². The van der Waals surface area contributed by atoms with E-state index in [2.05, 4.69) is 12.3 Å². The van der Waals surface area contributed by atoms with E-state index in [4.69, 9.17) is 5.73 Å². The Balaban J connectivity index is 2.21. The Hall–Kier alpha value is -0.340. The van der Waals surface area contributed by atoms with Crippen molar-refractivity contribution in [2.75, 3.05) is 0 Å². The number of nitrogens with two attached hydrogens (primary N) is 1. The highest BCUT2D eigenvalue weighted by Gasteiger charge is 2.15. The Morgan fingerprint density at radius 3 is 3.00 bits per heavy atom. The maximum atomic E-state index is 5.82. The SMILES string of the molecule is C[C@@H](N)Cc1csc2c1CCCC2. The third-order valence-electron chi connectivity index (χ3n) is 2.69. The van der Waals surface area contributed by atoms with Gasteiger partial charge in [-0.1, -0.05) is 0 Å². The normalized spacial score (nSPS) is 18.3. The van der Waals surface area contributed by atoms with Crippen LogP contribution in [0.5, 0.6) is 0 Å². The van der Waals surface area contributed by atoms with Gasteiger partial charge in [-0.2, -0.15) is 0 Å². The summed E-state index contributed by atoms with van der Waals surface area (Å²) in [5, 5.41) is 2.32. The number of thiophene rings is 1. The zero-order valence-electron chi connectivity index (χ0n) is 8.18. The minimum Gasteiger partial charge on any atom is -0.328 e. The average Bonchev–Trinajstić information content (AvgIpc) is 2.48. The van der Waals surface area contributed by atoms with Gasteiger partial charge in [0, 0.05) is 10.9 Å². The molecule has 2 rings (SSSR count). The summed E-state index contributed by atoms with van der Waals surface area (Å²) in [4.78, 5) is 1.63. The maximum absolute atomic E-state index is 5.82. The summed E-state index contributed by atoms with van der Waals surface area (Å²) in [7, 11) is 0. The zero-order valence-corrected chi connectivity index (χ0v) is 8.99. The van der Waals surface area contributed by atoms with Gasteiger partial charge in [0.15, 0.2) is 0 Å². The van der Waals surface area contributed by atoms with Crippen molar-refractivity contribution in [2.45, 2.75) is 45.1 Å². The van der Waals surface area contributed by atoms with Crippen LogP contribution in [0.15, 0.2) is 5.38 Å². The molecule has 0 bridgehead atoms. The molecule has 2 N–H and O–H groups in total. The predicted octanol–water partition coefficient (Wildman–Crippen LogP) is 2.52. The highest BCUT2D eigenvalue weighted by atomic mass is 32.1. The van der Waals surface area contributed by atoms with Gasteiger partial charge < -0.3 is 5.73 Å². The van der Waals surface area contributed by atoms with Crippen LogP contribution in [0.3, 0.4) is 0 Å². The molecule has 1 aromatic heterocycles. The molecule has 1 aromatic rings. The van der Waals surface area contributed by atoms with E-state index >= 15 is 0 Å². The lowest BCUT2D eigenvalue weighted by molar-refractivity contribution is 0.677. The number of hydrogen-bond donors (Lipinski definition) is 1. The molecular weight excluding hydrogens is 178 g/mol. The highest BCUT2D eigenvalue weighted by molar-refractivity contribution is 7.10. The summed E-state index contributed by atoms with van der Waals surface area (Å²) in [5.41, 5.74) is 8.98. The first kappa shape index (κ1) is 9.22. The first-order chi connectivity index (χ1) is 6.27. The zero-order chi connectivity index (χ0) is 9.26. The number of aryl methyl sites for hydroxylation is 1. The summed E-state index contributed by atoms with van der Waals surface area (Å²) in [5.74, 6) is 0. The number of hydrogen-bond acceptors (Lipinski definition) is 2. The quantitative estimate of drug-likeness (QED) is 0.771. The van der Waals surface area contributed by atoms with Gasteiger partial charge in [-0.15, -0.1) is 11.3 Å². The van der Waals surface area contributed by atoms with E-state index in [0.29, 0.717) is 6.04 Å². The highest BCUT2D eigenvalue weighted by Crippen LogP contribution is 2.30. The Morgan fingerprint density at radius 1 is 1.46 bits per heavy atom. The average molecular weight is 195 g/mol. The Kier molecular flexibility index (Phi) is 2.70. The lowest BCUT2D eigenvalue weighted by atomic mass is 9.94. The molecule has 13 heavy (non-hydrogen) atoms. The first-order valence-corrected chi connectivity index (χ1v) is 5.99. The van der Waals surface area contributed by atoms with Crippen molar-refractivity contribution in [3.05, 3.63) is 21.4 Å². The van der Waals surface area contributed by atoms with Crippen LogP contribution in [0.4, 0.5) is 0 Å². The van der Waals surface area contributed by atoms with Crippen molar-refractivity contribution in [3.8, 4) is 0 Å². The molecule has 0 saturated carbocycles. The molecule has 0 aromatic carbocycles. The first-order valence-electron chi connectivity index (χ1n) is 5.11. The molecule has 1 aliphatic carbocycles. The van der Waals surface area contributed by atoms with Crippen molar-refractivity contribution < 1.29 is 0 Å². The predicted molar refractivity (Wildman–Crippen MR) is 58.3 cm³/mol. The van der Waals surface area contributed by atoms with E-state index in [0.717, 1.165) is 6.42 Å². The molecule has 1 aliphatic rings. The second-order valence-electron chi connectivity index (χ2n) is 4.05. The minimum atomic E-state index is 0.306. The van der Waals surface area contributed by atoms with Crippen LogP contribution >= 0.6 is 11.3 Å². The second-order valence-corrected chi connectivity index (χ2v) is 5.02. The monoisotopic (exact) mass is 195 g/mol. The number of rotatable bonds is 2. The van der Waals surface area contributed by atoms with Crippen LogP contribution < -0.4 is 5.73 Å². The van der Waals surface area contributed by atoms with E-state index in [1.165, 1.54) is 31.2 Å². The summed E-state index contributed by atoms with van der Waals surface area (Å²) < 4.78 is 0. The van der Waals surface area contributed by atoms with E-state index in [1.54, 1.807) is 10.4 Å². The maximum Gasteiger partial charge on any atom is 0.00800 e. The molecule has 0 radical (unpaired) electrons. The third-order valence-corrected chi connectivity index (χ3v) is 3.83. The van der Waals surface area contributed by atoms with Gasteiger partial charge >= 0.3 is 0 Å². The summed E-state index contributed by atoms with van der Waals surface area (Å²) >= 11 is 1.94. The molecule has 0 saturated heterocycles. The van der Waals surface area contributed by atoms with E-state index < -0.39 is 0 Å². The van der Waals surface area contributed by atoms with Crippen molar-refractivity contribution in [1.82, 2.24) is 0 Å². The fourth-order valence-corrected chi connectivity index (χ4v) is 3.24. The molecular formula is C11H17NS. The van der Waals surface area contributed by atoms with Crippen LogP contribution in [0.1, 0.15) is 35.8 Å². The Bertz CT molecular complexity index is 288. The van der Waals surface area contributed by atoms with E-state index in [9.17, 15) is 0 Å². The molecule has 1 atom stereocenters. The van der Waals surface area contributed by atoms with Gasteiger partial charge in [0.1, 0.15) is 0 Å². The van der Waals surface area contributed by atoms with Gasteiger partial charge in [0.25, 0.3) is 0 Å². The van der Waals surface area contributed by atoms with E-state index in [-0.39, 0.29) is 0 Å². The molecule has 0 aliphatic heterocycles. The molecule has 0 amide bonds. The van der Waals surface area contributed by atoms with Crippen LogP contribution in [0, 0.1) is 0 Å². The Labute approximate surface area is 84.0 Å². The summed E-state index contributed by atoms with van der Waals surface area (Å²) in [6.07, 6.45) is 6.41. The summed E-state index contributed by atoms with van der Waals surface area (Å²) in [6, 6.07) is 0.306. The van der Waals surface area contributed by atoms with Crippen LogP contribution in [-0.2, 0) is 19.3 Å². The van der Waals surface area contributed by atoms with Crippen molar-refractivity contribution >= 4 is 11.3 Å². The smallest absolute Gasteiger partial charge is 0.00800 e. The minimum absolute atomic E-state index is 0.306. The van der Waals surface area contributed by atoms with Crippen LogP contribution in [0.25, 0.3) is 0 Å².